The summed E-state index contributed by atoms with van der Waals surface area (Å²) in [5, 5.41) is 19.9. The summed E-state index contributed by atoms with van der Waals surface area (Å²) in [6.07, 6.45) is 9.54. The Morgan fingerprint density at radius 2 is 0.277 bits per heavy atom. The first kappa shape index (κ1) is 83.0. The molecule has 0 aliphatic heterocycles. The molecule has 0 bridgehead atoms. The monoisotopic (exact) mass is 1800 g/mol. The fraction of sp³-hybridized carbons (Fsp3) is 0. The number of benzene rings is 24. The van der Waals surface area contributed by atoms with Gasteiger partial charge in [0.15, 0.2) is 0 Å². The Morgan fingerprint density at radius 1 is 0.131 bits per heavy atom. The summed E-state index contributed by atoms with van der Waals surface area (Å²) in [4.78, 5) is 0. The molecule has 0 radical (unpaired) electrons. The Morgan fingerprint density at radius 3 is 0.445 bits per heavy atom. The van der Waals surface area contributed by atoms with Gasteiger partial charge in [-0.2, -0.15) is 0 Å². The van der Waals surface area contributed by atoms with Gasteiger partial charge in [0.2, 0.25) is 0 Å². The summed E-state index contributed by atoms with van der Waals surface area (Å²) in [7, 11) is 0. The van der Waals surface area contributed by atoms with Crippen LogP contribution < -0.4 is 17.6 Å². The second-order valence-corrected chi connectivity index (χ2v) is 44.0. The van der Waals surface area contributed by atoms with Crippen LogP contribution in [0.4, 0.5) is 0 Å². The molecule has 0 heterocycles. The fourth-order valence-corrected chi connectivity index (χ4v) is 31.1. The molecule has 640 valence electrons. The fourth-order valence-electron chi connectivity index (χ4n) is 21.4. The van der Waals surface area contributed by atoms with Crippen molar-refractivity contribution in [1.82, 2.24) is 0 Å². The van der Waals surface area contributed by atoms with Crippen molar-refractivity contribution in [2.24, 2.45) is 0 Å². The molecule has 0 saturated heterocycles. The van der Waals surface area contributed by atoms with Crippen molar-refractivity contribution in [2.75, 3.05) is 0 Å². The third kappa shape index (κ3) is 16.0. The van der Waals surface area contributed by atoms with Gasteiger partial charge >= 0.3 is 547 Å². The number of fused-ring (bicyclic) bond motifs is 8. The van der Waals surface area contributed by atoms with Gasteiger partial charge in [-0.25, -0.2) is 0 Å². The first-order chi connectivity index (χ1) is 67.9. The van der Waals surface area contributed by atoms with E-state index in [1.54, 1.807) is 0 Å². The van der Waals surface area contributed by atoms with Crippen LogP contribution in [0, 0.1) is 0 Å². The molecule has 0 aromatic heterocycles. The van der Waals surface area contributed by atoms with Crippen LogP contribution in [0.3, 0.4) is 0 Å². The Kier molecular flexibility index (Phi) is 22.1. The van der Waals surface area contributed by atoms with Gasteiger partial charge in [-0.1, -0.05) is 194 Å². The maximum atomic E-state index is 2.50. The summed E-state index contributed by atoms with van der Waals surface area (Å²) in [6.45, 7) is 0. The third-order valence-electron chi connectivity index (χ3n) is 28.0. The number of rotatable bonds is 20. The first-order valence-corrected chi connectivity index (χ1v) is 51.6. The van der Waals surface area contributed by atoms with Crippen LogP contribution in [0.1, 0.15) is 66.8 Å². The SMILES string of the molecule is C(=C(c1ccccc1)c1cc[c]([Ge]([c]2ccc(C(=Cc3ccc(-c4c5ccccc5cc5ccccc45)cc3)c3ccccc3)cc2)([c]2ccc(C(=Cc3ccc(-c4c5ccccc5cc5ccccc45)cc3)c3ccccc3)cc2)[c]2ccc(C(=Cc3ccc(-c4c5ccccc5cc5ccccc45)cc3)c3ccccc3)cc2)cc1)c1ccc(-c2c3ccccc3cc3ccccc23)cc1. The summed E-state index contributed by atoms with van der Waals surface area (Å²) >= 11 is -4.44. The standard InChI is InChI=1S/C136H92Ge/c1-5-29-97(30-6-1)129(85-93-53-61-105(62-54-93)133-121-45-21-13-37-109(121)89-110-38-14-22-46-122(110)133)101-69-77-117(78-70-101)137(118-79-71-102(72-80-118)130(98-31-7-2-8-32-98)86-94-55-63-106(64-56-94)134-123-47-23-15-39-111(123)90-112-40-16-24-48-124(112)134,119-81-73-103(74-82-119)131(99-33-9-3-10-34-99)87-95-57-65-107(66-58-95)135-125-49-25-17-41-113(125)91-114-42-18-26-50-126(114)135)120-83-75-104(76-84-120)132(100-35-11-4-12-36-100)88-96-59-67-108(68-60-96)136-127-51-27-19-43-115(127)92-116-44-20-28-52-128(116)136/h1-92H. The van der Waals surface area contributed by atoms with E-state index in [4.69, 9.17) is 0 Å². The molecule has 24 aromatic rings. The molecule has 0 unspecified atom stereocenters. The number of hydrogen-bond donors (Lipinski definition) is 0. The van der Waals surface area contributed by atoms with Crippen molar-refractivity contribution in [3.8, 4) is 44.5 Å². The predicted octanol–water partition coefficient (Wildman–Crippen LogP) is 33.3. The molecule has 24 aromatic carbocycles. The molecular weight excluding hydrogens is 1710 g/mol. The first-order valence-electron chi connectivity index (χ1n) is 47.5. The zero-order valence-electron chi connectivity index (χ0n) is 75.6. The van der Waals surface area contributed by atoms with Gasteiger partial charge in [0, 0.05) is 0 Å². The average molecular weight is 1800 g/mol. The topological polar surface area (TPSA) is 0 Å². The molecule has 0 aliphatic carbocycles. The van der Waals surface area contributed by atoms with E-state index in [-0.39, 0.29) is 0 Å². The van der Waals surface area contributed by atoms with E-state index >= 15 is 0 Å². The van der Waals surface area contributed by atoms with Gasteiger partial charge in [0.1, 0.15) is 0 Å². The molecule has 0 fully saturated rings. The zero-order chi connectivity index (χ0) is 91.0. The van der Waals surface area contributed by atoms with Crippen LogP contribution in [0.15, 0.2) is 534 Å². The van der Waals surface area contributed by atoms with Crippen molar-refractivity contribution >= 4 is 164 Å². The van der Waals surface area contributed by atoms with Crippen molar-refractivity contribution in [1.29, 1.82) is 0 Å². The van der Waals surface area contributed by atoms with E-state index in [1.807, 2.05) is 0 Å². The molecular formula is C136H92Ge. The van der Waals surface area contributed by atoms with Gasteiger partial charge in [-0.3, -0.25) is 0 Å². The van der Waals surface area contributed by atoms with Gasteiger partial charge in [-0.15, -0.1) is 0 Å². The summed E-state index contributed by atoms with van der Waals surface area (Å²) in [5.41, 5.74) is 27.9. The van der Waals surface area contributed by atoms with Crippen LogP contribution in [-0.4, -0.2) is 13.3 Å². The van der Waals surface area contributed by atoms with Crippen LogP contribution in [0.25, 0.3) is 177 Å². The van der Waals surface area contributed by atoms with Crippen LogP contribution in [0.5, 0.6) is 0 Å². The molecule has 24 rings (SSSR count). The minimum absolute atomic E-state index is 1.12. The quantitative estimate of drug-likeness (QED) is 0.0405. The minimum atomic E-state index is -4.44. The Hall–Kier alpha value is -17.1. The Bertz CT molecular complexity index is 7540. The van der Waals surface area contributed by atoms with E-state index in [2.05, 4.69) is 558 Å². The van der Waals surface area contributed by atoms with Crippen LogP contribution in [-0.2, 0) is 0 Å². The van der Waals surface area contributed by atoms with Crippen molar-refractivity contribution in [2.45, 2.75) is 0 Å². The van der Waals surface area contributed by atoms with Crippen molar-refractivity contribution in [3.63, 3.8) is 0 Å². The molecule has 0 aliphatic rings. The summed E-state index contributed by atoms with van der Waals surface area (Å²) in [6, 6.07) is 200. The van der Waals surface area contributed by atoms with E-state index in [1.165, 1.54) is 148 Å². The molecule has 1 heteroatoms. The Balaban J connectivity index is 0.685. The van der Waals surface area contributed by atoms with Gasteiger partial charge in [0.05, 0.1) is 0 Å². The van der Waals surface area contributed by atoms with Crippen LogP contribution >= 0.6 is 0 Å². The van der Waals surface area contributed by atoms with Gasteiger partial charge < -0.3 is 0 Å². The van der Waals surface area contributed by atoms with Gasteiger partial charge in [0.25, 0.3) is 0 Å². The van der Waals surface area contributed by atoms with E-state index in [0.717, 1.165) is 89.1 Å². The molecule has 137 heavy (non-hydrogen) atoms. The van der Waals surface area contributed by atoms with Crippen molar-refractivity contribution in [3.05, 3.63) is 601 Å². The second-order valence-electron chi connectivity index (χ2n) is 36.0. The van der Waals surface area contributed by atoms with E-state index < -0.39 is 13.3 Å². The van der Waals surface area contributed by atoms with Crippen LogP contribution in [0.2, 0.25) is 0 Å². The molecule has 0 spiro atoms. The second kappa shape index (κ2) is 36.4. The van der Waals surface area contributed by atoms with E-state index in [9.17, 15) is 0 Å². The average Bonchev–Trinajstić information content (AvgIpc) is 0.711. The van der Waals surface area contributed by atoms with Crippen molar-refractivity contribution < 1.29 is 0 Å². The Labute approximate surface area is 802 Å². The van der Waals surface area contributed by atoms with Gasteiger partial charge in [-0.05, 0) is 67.4 Å². The van der Waals surface area contributed by atoms with E-state index in [0.29, 0.717) is 0 Å². The maximum absolute atomic E-state index is 4.44. The number of hydrogen-bond acceptors (Lipinski definition) is 0. The third-order valence-corrected chi connectivity index (χ3v) is 38.0. The normalized spacial score (nSPS) is 12.6. The summed E-state index contributed by atoms with van der Waals surface area (Å²) < 4.78 is 5.20. The predicted molar refractivity (Wildman–Crippen MR) is 591 cm³/mol. The molecule has 0 amide bonds. The zero-order valence-corrected chi connectivity index (χ0v) is 77.7. The molecule has 0 saturated carbocycles. The molecule has 0 atom stereocenters. The summed E-state index contributed by atoms with van der Waals surface area (Å²) in [5.74, 6) is 0. The molecule has 0 N–H and O–H groups in total. The molecule has 0 nitrogen and oxygen atoms in total.